The number of nitrogens with zero attached hydrogens (tertiary/aromatic N) is 2. The zero-order valence-corrected chi connectivity index (χ0v) is 13.4. The summed E-state index contributed by atoms with van der Waals surface area (Å²) in [5.41, 5.74) is 1.80. The second-order valence-electron chi connectivity index (χ2n) is 5.72. The normalized spacial score (nSPS) is 16.4. The molecule has 114 valence electrons. The highest BCUT2D eigenvalue weighted by Crippen LogP contribution is 2.12. The Balaban J connectivity index is 2.64. The lowest BCUT2D eigenvalue weighted by Crippen LogP contribution is -2.59. The zero-order chi connectivity index (χ0) is 15.3. The van der Waals surface area contributed by atoms with Gasteiger partial charge in [0, 0.05) is 19.5 Å². The second kappa shape index (κ2) is 6.88. The van der Waals surface area contributed by atoms with E-state index in [1.54, 1.807) is 20.8 Å². The van der Waals surface area contributed by atoms with Crippen LogP contribution in [-0.2, 0) is 9.53 Å². The molecule has 1 heterocycles. The Morgan fingerprint density at radius 3 is 2.65 bits per heavy atom. The van der Waals surface area contributed by atoms with Crippen molar-refractivity contribution in [3.05, 3.63) is 0 Å². The summed E-state index contributed by atoms with van der Waals surface area (Å²) in [5, 5.41) is 1.45. The van der Waals surface area contributed by atoms with E-state index in [0.29, 0.717) is 18.1 Å². The van der Waals surface area contributed by atoms with Crippen LogP contribution in [0.5, 0.6) is 0 Å². The molecule has 1 N–H and O–H groups in total. The number of ether oxygens (including phenoxy) is 1. The maximum absolute atomic E-state index is 11.9. The molecule has 0 bridgehead atoms. The number of amides is 2. The third kappa shape index (κ3) is 4.96. The predicted molar refractivity (Wildman–Crippen MR) is 79.9 cm³/mol. The maximum Gasteiger partial charge on any atom is 0.427 e. The van der Waals surface area contributed by atoms with Crippen molar-refractivity contribution in [2.75, 3.05) is 13.1 Å². The van der Waals surface area contributed by atoms with E-state index in [-0.39, 0.29) is 5.91 Å². The Kier molecular flexibility index (Phi) is 5.74. The molecule has 0 spiro atoms. The number of carbonyl (C=O) groups is 2. The third-order valence-corrected chi connectivity index (χ3v) is 3.13. The van der Waals surface area contributed by atoms with Gasteiger partial charge in [-0.25, -0.2) is 10.2 Å². The summed E-state index contributed by atoms with van der Waals surface area (Å²) >= 11 is 5.26. The third-order valence-electron chi connectivity index (χ3n) is 2.69. The van der Waals surface area contributed by atoms with Gasteiger partial charge in [-0.15, -0.1) is 0 Å². The van der Waals surface area contributed by atoms with Crippen LogP contribution in [0, 0.1) is 0 Å². The fourth-order valence-electron chi connectivity index (χ4n) is 1.74. The molecule has 0 unspecified atom stereocenters. The molecular weight excluding hydrogens is 278 g/mol. The predicted octanol–water partition coefficient (Wildman–Crippen LogP) is 2.05. The summed E-state index contributed by atoms with van der Waals surface area (Å²) in [5.74, 6) is -0.214. The summed E-state index contributed by atoms with van der Waals surface area (Å²) < 4.78 is 5.13. The highest BCUT2D eigenvalue weighted by atomic mass is 32.1. The summed E-state index contributed by atoms with van der Waals surface area (Å²) in [6, 6.07) is 0. The number of hydrogen-bond acceptors (Lipinski definition) is 4. The first-order valence-electron chi connectivity index (χ1n) is 6.86. The van der Waals surface area contributed by atoms with E-state index in [4.69, 9.17) is 17.0 Å². The van der Waals surface area contributed by atoms with Crippen LogP contribution in [-0.4, -0.2) is 45.7 Å². The van der Waals surface area contributed by atoms with Gasteiger partial charge in [-0.1, -0.05) is 13.3 Å². The number of unbranched alkanes of at least 4 members (excludes halogenated alkanes) is 1. The summed E-state index contributed by atoms with van der Waals surface area (Å²) in [6.07, 6.45) is 1.70. The van der Waals surface area contributed by atoms with Crippen molar-refractivity contribution in [3.63, 3.8) is 0 Å². The lowest BCUT2D eigenvalue weighted by atomic mass is 10.2. The molecule has 1 fully saturated rings. The molecule has 6 nitrogen and oxygen atoms in total. The summed E-state index contributed by atoms with van der Waals surface area (Å²) in [7, 11) is 0. The first-order valence-corrected chi connectivity index (χ1v) is 7.27. The number of thiocarbonyl (C=S) groups is 1. The Hall–Kier alpha value is -1.37. The van der Waals surface area contributed by atoms with Gasteiger partial charge in [-0.05, 0) is 39.4 Å². The fraction of sp³-hybridized carbons (Fsp3) is 0.769. The van der Waals surface area contributed by atoms with Crippen LogP contribution < -0.4 is 5.43 Å². The molecule has 1 rings (SSSR count). The van der Waals surface area contributed by atoms with Crippen molar-refractivity contribution in [2.45, 2.75) is 52.6 Å². The number of hydrazine groups is 1. The molecule has 1 saturated heterocycles. The molecular formula is C13H23N3O3S. The van der Waals surface area contributed by atoms with Crippen molar-refractivity contribution >= 4 is 29.3 Å². The highest BCUT2D eigenvalue weighted by Gasteiger charge is 2.31. The van der Waals surface area contributed by atoms with E-state index in [2.05, 4.69) is 12.3 Å². The Labute approximate surface area is 125 Å². The standard InChI is InChI=1S/C13H23N3O3S/c1-5-6-8-15-9-7-10(17)16(12(15)20)14-11(18)19-13(2,3)4/h5-9H2,1-4H3,(H,14,18). The van der Waals surface area contributed by atoms with Crippen LogP contribution in [0.2, 0.25) is 0 Å². The molecule has 20 heavy (non-hydrogen) atoms. The molecule has 0 aromatic carbocycles. The van der Waals surface area contributed by atoms with Crippen LogP contribution in [0.3, 0.4) is 0 Å². The minimum absolute atomic E-state index is 0.214. The van der Waals surface area contributed by atoms with E-state index in [0.717, 1.165) is 24.4 Å². The van der Waals surface area contributed by atoms with Crippen LogP contribution in [0.1, 0.15) is 47.0 Å². The van der Waals surface area contributed by atoms with Gasteiger partial charge in [-0.2, -0.15) is 5.01 Å². The van der Waals surface area contributed by atoms with Gasteiger partial charge in [-0.3, -0.25) is 4.79 Å². The van der Waals surface area contributed by atoms with E-state index in [9.17, 15) is 9.59 Å². The van der Waals surface area contributed by atoms with E-state index < -0.39 is 11.7 Å². The van der Waals surface area contributed by atoms with Gasteiger partial charge in [0.25, 0.3) is 0 Å². The first kappa shape index (κ1) is 16.7. The minimum Gasteiger partial charge on any atom is -0.443 e. The molecule has 2 amide bonds. The maximum atomic E-state index is 11.9. The molecule has 0 aromatic rings. The Bertz CT molecular complexity index is 393. The van der Waals surface area contributed by atoms with Gasteiger partial charge in [0.1, 0.15) is 5.60 Å². The zero-order valence-electron chi connectivity index (χ0n) is 12.6. The second-order valence-corrected chi connectivity index (χ2v) is 6.08. The van der Waals surface area contributed by atoms with Crippen molar-refractivity contribution in [3.8, 4) is 0 Å². The van der Waals surface area contributed by atoms with E-state index >= 15 is 0 Å². The SMILES string of the molecule is CCCCN1CCC(=O)N(NC(=O)OC(C)(C)C)C1=S. The Morgan fingerprint density at radius 1 is 1.45 bits per heavy atom. The van der Waals surface area contributed by atoms with Crippen LogP contribution in [0.25, 0.3) is 0 Å². The largest absolute Gasteiger partial charge is 0.443 e. The highest BCUT2D eigenvalue weighted by molar-refractivity contribution is 7.80. The fourth-order valence-corrected chi connectivity index (χ4v) is 2.07. The Morgan fingerprint density at radius 2 is 2.10 bits per heavy atom. The van der Waals surface area contributed by atoms with E-state index in [1.165, 1.54) is 0 Å². The summed E-state index contributed by atoms with van der Waals surface area (Å²) in [6.45, 7) is 8.76. The first-order chi connectivity index (χ1) is 9.24. The number of carbonyl (C=O) groups excluding carboxylic acids is 2. The molecule has 0 radical (unpaired) electrons. The van der Waals surface area contributed by atoms with Crippen LogP contribution in [0.15, 0.2) is 0 Å². The average Bonchev–Trinajstić information content (AvgIpc) is 2.31. The van der Waals surface area contributed by atoms with Crippen LogP contribution in [0.4, 0.5) is 4.79 Å². The smallest absolute Gasteiger partial charge is 0.427 e. The molecule has 1 aliphatic rings. The number of rotatable bonds is 4. The van der Waals surface area contributed by atoms with Crippen molar-refractivity contribution in [1.29, 1.82) is 0 Å². The average molecular weight is 301 g/mol. The number of hydrogen-bond donors (Lipinski definition) is 1. The molecule has 0 atom stereocenters. The number of nitrogens with one attached hydrogen (secondary N) is 1. The van der Waals surface area contributed by atoms with Gasteiger partial charge in [0.15, 0.2) is 5.11 Å². The van der Waals surface area contributed by atoms with Gasteiger partial charge in [0.2, 0.25) is 5.91 Å². The molecule has 1 aliphatic heterocycles. The van der Waals surface area contributed by atoms with Gasteiger partial charge >= 0.3 is 6.09 Å². The lowest BCUT2D eigenvalue weighted by Gasteiger charge is -2.36. The van der Waals surface area contributed by atoms with E-state index in [1.807, 2.05) is 4.90 Å². The molecule has 0 aliphatic carbocycles. The molecule has 0 saturated carbocycles. The topological polar surface area (TPSA) is 61.9 Å². The van der Waals surface area contributed by atoms with Crippen molar-refractivity contribution in [1.82, 2.24) is 15.3 Å². The van der Waals surface area contributed by atoms with Crippen molar-refractivity contribution < 1.29 is 14.3 Å². The van der Waals surface area contributed by atoms with Gasteiger partial charge in [0.05, 0.1) is 0 Å². The monoisotopic (exact) mass is 301 g/mol. The molecule has 0 aromatic heterocycles. The quantitative estimate of drug-likeness (QED) is 0.805. The lowest BCUT2D eigenvalue weighted by molar-refractivity contribution is -0.131. The van der Waals surface area contributed by atoms with Crippen molar-refractivity contribution in [2.24, 2.45) is 0 Å². The molecule has 7 heteroatoms. The van der Waals surface area contributed by atoms with Crippen LogP contribution >= 0.6 is 12.2 Å². The van der Waals surface area contributed by atoms with Gasteiger partial charge < -0.3 is 9.64 Å². The summed E-state index contributed by atoms with van der Waals surface area (Å²) in [4.78, 5) is 25.5. The minimum atomic E-state index is -0.675.